The molecule has 1 aliphatic heterocycles. The van der Waals surface area contributed by atoms with E-state index in [0.29, 0.717) is 27.6 Å². The fourth-order valence-electron chi connectivity index (χ4n) is 2.81. The third-order valence-electron chi connectivity index (χ3n) is 3.96. The van der Waals surface area contributed by atoms with Crippen LogP contribution in [0.25, 0.3) is 5.65 Å². The lowest BCUT2D eigenvalue weighted by atomic mass is 10.2. The number of aromatic nitrogens is 3. The van der Waals surface area contributed by atoms with E-state index in [-0.39, 0.29) is 12.5 Å². The van der Waals surface area contributed by atoms with Gasteiger partial charge < -0.3 is 4.74 Å². The van der Waals surface area contributed by atoms with E-state index in [2.05, 4.69) is 25.9 Å². The molecule has 3 aromatic rings. The van der Waals surface area contributed by atoms with E-state index in [1.807, 2.05) is 23.6 Å². The lowest BCUT2D eigenvalue weighted by Gasteiger charge is -2.29. The molecule has 0 unspecified atom stereocenters. The van der Waals surface area contributed by atoms with Crippen molar-refractivity contribution in [1.82, 2.24) is 14.4 Å². The van der Waals surface area contributed by atoms with E-state index in [9.17, 15) is 4.79 Å². The average Bonchev–Trinajstić information content (AvgIpc) is 2.85. The van der Waals surface area contributed by atoms with Crippen LogP contribution in [0.4, 0.5) is 5.69 Å². The molecule has 0 atom stereocenters. The van der Waals surface area contributed by atoms with Crippen LogP contribution in [0.2, 0.25) is 5.02 Å². The molecule has 6 nitrogen and oxygen atoms in total. The maximum atomic E-state index is 12.4. The first-order valence-corrected chi connectivity index (χ1v) is 8.42. The molecule has 1 amide bonds. The second-order valence-electron chi connectivity index (χ2n) is 5.44. The van der Waals surface area contributed by atoms with E-state index in [1.165, 1.54) is 0 Å². The highest BCUT2D eigenvalue weighted by atomic mass is 79.9. The van der Waals surface area contributed by atoms with E-state index in [4.69, 9.17) is 16.3 Å². The standard InChI is InChI=1S/C16H12BrClN4O2/c1-9-12(21-7-13(17)19-5-14(21)20-9)6-22-11-4-2-3-10(18)16(11)24-8-15(22)23/h2-5,7H,6,8H2,1H3. The Morgan fingerprint density at radius 1 is 1.42 bits per heavy atom. The summed E-state index contributed by atoms with van der Waals surface area (Å²) in [6.45, 7) is 2.26. The van der Waals surface area contributed by atoms with Gasteiger partial charge in [-0.2, -0.15) is 0 Å². The van der Waals surface area contributed by atoms with Gasteiger partial charge in [0, 0.05) is 6.20 Å². The summed E-state index contributed by atoms with van der Waals surface area (Å²) in [6.07, 6.45) is 3.53. The van der Waals surface area contributed by atoms with Gasteiger partial charge in [-0.25, -0.2) is 9.97 Å². The minimum absolute atomic E-state index is 0.0300. The lowest BCUT2D eigenvalue weighted by molar-refractivity contribution is -0.121. The predicted molar refractivity (Wildman–Crippen MR) is 93.6 cm³/mol. The molecule has 0 saturated carbocycles. The van der Waals surface area contributed by atoms with E-state index >= 15 is 0 Å². The second kappa shape index (κ2) is 5.75. The summed E-state index contributed by atoms with van der Waals surface area (Å²) in [5.74, 6) is 0.417. The van der Waals surface area contributed by atoms with E-state index in [0.717, 1.165) is 17.0 Å². The number of fused-ring (bicyclic) bond motifs is 2. The van der Waals surface area contributed by atoms with Gasteiger partial charge in [0.25, 0.3) is 5.91 Å². The predicted octanol–water partition coefficient (Wildman–Crippen LogP) is 3.38. The molecule has 0 N–H and O–H groups in total. The van der Waals surface area contributed by atoms with Gasteiger partial charge in [0.05, 0.1) is 34.8 Å². The Kier molecular flexibility index (Phi) is 3.69. The minimum atomic E-state index is -0.118. The first-order valence-electron chi connectivity index (χ1n) is 7.25. The number of rotatable bonds is 2. The summed E-state index contributed by atoms with van der Waals surface area (Å²) < 4.78 is 8.12. The summed E-state index contributed by atoms with van der Waals surface area (Å²) in [5.41, 5.74) is 3.16. The van der Waals surface area contributed by atoms with Crippen LogP contribution in [0.1, 0.15) is 11.4 Å². The Bertz CT molecular complexity index is 972. The van der Waals surface area contributed by atoms with Crippen LogP contribution < -0.4 is 9.64 Å². The number of carbonyl (C=O) groups is 1. The first kappa shape index (κ1) is 15.4. The number of anilines is 1. The van der Waals surface area contributed by atoms with E-state index in [1.54, 1.807) is 23.2 Å². The zero-order chi connectivity index (χ0) is 16.8. The van der Waals surface area contributed by atoms with Crippen LogP contribution in [0.5, 0.6) is 5.75 Å². The number of aryl methyl sites for hydroxylation is 1. The number of carbonyl (C=O) groups excluding carboxylic acids is 1. The highest BCUT2D eigenvalue weighted by Crippen LogP contribution is 2.39. The molecular weight excluding hydrogens is 396 g/mol. The van der Waals surface area contributed by atoms with Crippen molar-refractivity contribution in [3.05, 3.63) is 51.6 Å². The van der Waals surface area contributed by atoms with Crippen molar-refractivity contribution >= 4 is 44.8 Å². The number of imidazole rings is 1. The number of amides is 1. The maximum Gasteiger partial charge on any atom is 0.265 e. The zero-order valence-electron chi connectivity index (χ0n) is 12.7. The van der Waals surface area contributed by atoms with Gasteiger partial charge in [-0.15, -0.1) is 0 Å². The van der Waals surface area contributed by atoms with Crippen LogP contribution in [-0.2, 0) is 11.3 Å². The molecule has 0 spiro atoms. The topological polar surface area (TPSA) is 59.7 Å². The average molecular weight is 408 g/mol. The molecule has 2 aromatic heterocycles. The van der Waals surface area contributed by atoms with Crippen molar-refractivity contribution in [2.24, 2.45) is 0 Å². The molecule has 0 saturated heterocycles. The SMILES string of the molecule is Cc1nc2cnc(Br)cn2c1CN1C(=O)COc2c(Cl)cccc21. The number of nitrogens with zero attached hydrogens (tertiary/aromatic N) is 4. The van der Waals surface area contributed by atoms with Crippen molar-refractivity contribution in [3.8, 4) is 5.75 Å². The maximum absolute atomic E-state index is 12.4. The molecular formula is C16H12BrClN4O2. The number of hydrogen-bond donors (Lipinski definition) is 0. The van der Waals surface area contributed by atoms with Crippen LogP contribution in [0.3, 0.4) is 0 Å². The van der Waals surface area contributed by atoms with Gasteiger partial charge >= 0.3 is 0 Å². The third-order valence-corrected chi connectivity index (χ3v) is 4.67. The fraction of sp³-hybridized carbons (Fsp3) is 0.188. The van der Waals surface area contributed by atoms with Gasteiger partial charge in [0.1, 0.15) is 4.60 Å². The third kappa shape index (κ3) is 2.44. The smallest absolute Gasteiger partial charge is 0.265 e. The molecule has 0 bridgehead atoms. The molecule has 1 aromatic carbocycles. The number of ether oxygens (including phenoxy) is 1. The molecule has 0 fully saturated rings. The molecule has 0 radical (unpaired) electrons. The Morgan fingerprint density at radius 2 is 2.25 bits per heavy atom. The van der Waals surface area contributed by atoms with Gasteiger partial charge in [0.2, 0.25) is 0 Å². The van der Waals surface area contributed by atoms with Gasteiger partial charge in [-0.1, -0.05) is 17.7 Å². The van der Waals surface area contributed by atoms with Crippen LogP contribution in [0, 0.1) is 6.92 Å². The second-order valence-corrected chi connectivity index (χ2v) is 6.66. The Labute approximate surface area is 151 Å². The first-order chi connectivity index (χ1) is 11.5. The highest BCUT2D eigenvalue weighted by molar-refractivity contribution is 9.10. The summed E-state index contributed by atoms with van der Waals surface area (Å²) in [5, 5.41) is 0.492. The molecule has 24 heavy (non-hydrogen) atoms. The Morgan fingerprint density at radius 3 is 3.08 bits per heavy atom. The van der Waals surface area contributed by atoms with Crippen LogP contribution in [0.15, 0.2) is 35.2 Å². The van der Waals surface area contributed by atoms with Crippen molar-refractivity contribution < 1.29 is 9.53 Å². The lowest BCUT2D eigenvalue weighted by Crippen LogP contribution is -2.38. The quantitative estimate of drug-likeness (QED) is 0.653. The number of benzene rings is 1. The van der Waals surface area contributed by atoms with Crippen molar-refractivity contribution in [1.29, 1.82) is 0 Å². The molecule has 4 rings (SSSR count). The molecule has 8 heteroatoms. The number of para-hydroxylation sites is 1. The molecule has 3 heterocycles. The largest absolute Gasteiger partial charge is 0.480 e. The summed E-state index contributed by atoms with van der Waals surface area (Å²) in [7, 11) is 0. The number of halogens is 2. The Balaban J connectivity index is 1.82. The molecule has 1 aliphatic rings. The van der Waals surface area contributed by atoms with Gasteiger partial charge in [-0.3, -0.25) is 14.1 Å². The molecule has 122 valence electrons. The van der Waals surface area contributed by atoms with Gasteiger partial charge in [0.15, 0.2) is 18.0 Å². The highest BCUT2D eigenvalue weighted by Gasteiger charge is 2.28. The normalized spacial score (nSPS) is 14.0. The Hall–Kier alpha value is -2.12. The summed E-state index contributed by atoms with van der Waals surface area (Å²) in [6, 6.07) is 5.38. The monoisotopic (exact) mass is 406 g/mol. The van der Waals surface area contributed by atoms with Crippen molar-refractivity contribution in [2.45, 2.75) is 13.5 Å². The zero-order valence-corrected chi connectivity index (χ0v) is 15.0. The van der Waals surface area contributed by atoms with Crippen molar-refractivity contribution in [3.63, 3.8) is 0 Å². The van der Waals surface area contributed by atoms with E-state index < -0.39 is 0 Å². The molecule has 0 aliphatic carbocycles. The van der Waals surface area contributed by atoms with Crippen LogP contribution >= 0.6 is 27.5 Å². The van der Waals surface area contributed by atoms with Crippen LogP contribution in [-0.4, -0.2) is 26.9 Å². The van der Waals surface area contributed by atoms with Gasteiger partial charge in [-0.05, 0) is 35.0 Å². The van der Waals surface area contributed by atoms with Crippen molar-refractivity contribution in [2.75, 3.05) is 11.5 Å². The summed E-state index contributed by atoms with van der Waals surface area (Å²) in [4.78, 5) is 22.8. The minimum Gasteiger partial charge on any atom is -0.480 e. The number of hydrogen-bond acceptors (Lipinski definition) is 4. The fourth-order valence-corrected chi connectivity index (χ4v) is 3.34. The summed E-state index contributed by atoms with van der Waals surface area (Å²) >= 11 is 9.56.